The first-order valence-electron chi connectivity index (χ1n) is 4.48. The van der Waals surface area contributed by atoms with Crippen LogP contribution in [0.4, 0.5) is 4.79 Å². The van der Waals surface area contributed by atoms with Crippen molar-refractivity contribution in [3.8, 4) is 0 Å². The molecule has 0 bridgehead atoms. The van der Waals surface area contributed by atoms with Crippen LogP contribution < -0.4 is 0 Å². The highest BCUT2D eigenvalue weighted by Crippen LogP contribution is 2.21. The SMILES string of the molecule is CCCC(CCOC)SC(=O)OC. The van der Waals surface area contributed by atoms with E-state index in [-0.39, 0.29) is 5.30 Å². The van der Waals surface area contributed by atoms with Crippen LogP contribution in [0.25, 0.3) is 0 Å². The van der Waals surface area contributed by atoms with Gasteiger partial charge in [-0.05, 0) is 24.6 Å². The molecule has 0 aromatic rings. The molecule has 0 aliphatic carbocycles. The van der Waals surface area contributed by atoms with Crippen molar-refractivity contribution < 1.29 is 14.3 Å². The average Bonchev–Trinajstić information content (AvgIpc) is 2.14. The minimum atomic E-state index is -0.199. The first-order chi connectivity index (χ1) is 6.24. The summed E-state index contributed by atoms with van der Waals surface area (Å²) >= 11 is 1.27. The lowest BCUT2D eigenvalue weighted by Crippen LogP contribution is -2.09. The van der Waals surface area contributed by atoms with Gasteiger partial charge in [0.1, 0.15) is 0 Å². The highest BCUT2D eigenvalue weighted by Gasteiger charge is 2.13. The zero-order valence-electron chi connectivity index (χ0n) is 8.54. The van der Waals surface area contributed by atoms with Crippen LogP contribution in [-0.2, 0) is 9.47 Å². The minimum Gasteiger partial charge on any atom is -0.461 e. The smallest absolute Gasteiger partial charge is 0.367 e. The lowest BCUT2D eigenvalue weighted by atomic mass is 10.2. The summed E-state index contributed by atoms with van der Waals surface area (Å²) in [7, 11) is 3.08. The molecule has 3 nitrogen and oxygen atoms in total. The molecule has 0 aromatic carbocycles. The normalized spacial score (nSPS) is 12.5. The lowest BCUT2D eigenvalue weighted by Gasteiger charge is -2.12. The van der Waals surface area contributed by atoms with Crippen LogP contribution in [0.2, 0.25) is 0 Å². The fraction of sp³-hybridized carbons (Fsp3) is 0.889. The van der Waals surface area contributed by atoms with Crippen molar-refractivity contribution in [3.05, 3.63) is 0 Å². The third-order valence-electron chi connectivity index (χ3n) is 1.68. The molecular formula is C9H18O3S. The van der Waals surface area contributed by atoms with Gasteiger partial charge in [-0.15, -0.1) is 0 Å². The molecular weight excluding hydrogens is 188 g/mol. The van der Waals surface area contributed by atoms with Crippen molar-refractivity contribution in [2.75, 3.05) is 20.8 Å². The molecule has 1 unspecified atom stereocenters. The van der Waals surface area contributed by atoms with Gasteiger partial charge in [0.2, 0.25) is 0 Å². The Morgan fingerprint density at radius 3 is 2.54 bits per heavy atom. The standard InChI is InChI=1S/C9H18O3S/c1-4-5-8(6-7-11-2)13-9(10)12-3/h8H,4-7H2,1-3H3. The second kappa shape index (κ2) is 8.38. The summed E-state index contributed by atoms with van der Waals surface area (Å²) in [4.78, 5) is 11.0. The number of rotatable bonds is 6. The molecule has 1 atom stereocenters. The molecule has 0 saturated carbocycles. The quantitative estimate of drug-likeness (QED) is 0.626. The van der Waals surface area contributed by atoms with Crippen LogP contribution in [0, 0.1) is 0 Å². The van der Waals surface area contributed by atoms with Crippen LogP contribution in [-0.4, -0.2) is 31.4 Å². The fourth-order valence-corrected chi connectivity index (χ4v) is 1.95. The first-order valence-corrected chi connectivity index (χ1v) is 5.36. The van der Waals surface area contributed by atoms with Gasteiger partial charge in [0.15, 0.2) is 0 Å². The van der Waals surface area contributed by atoms with E-state index in [1.807, 2.05) is 0 Å². The number of methoxy groups -OCH3 is 2. The predicted molar refractivity (Wildman–Crippen MR) is 55.2 cm³/mol. The van der Waals surface area contributed by atoms with Crippen molar-refractivity contribution in [3.63, 3.8) is 0 Å². The Kier molecular flexibility index (Phi) is 8.24. The summed E-state index contributed by atoms with van der Waals surface area (Å²) < 4.78 is 9.56. The van der Waals surface area contributed by atoms with Crippen molar-refractivity contribution in [2.45, 2.75) is 31.4 Å². The summed E-state index contributed by atoms with van der Waals surface area (Å²) in [5, 5.41) is 0.131. The average molecular weight is 206 g/mol. The van der Waals surface area contributed by atoms with Crippen LogP contribution >= 0.6 is 11.8 Å². The number of carbonyl (C=O) groups is 1. The molecule has 0 radical (unpaired) electrons. The maximum atomic E-state index is 11.0. The van der Waals surface area contributed by atoms with E-state index in [9.17, 15) is 4.79 Å². The zero-order chi connectivity index (χ0) is 10.1. The summed E-state index contributed by atoms with van der Waals surface area (Å²) in [6, 6.07) is 0. The van der Waals surface area contributed by atoms with E-state index in [1.54, 1.807) is 7.11 Å². The maximum Gasteiger partial charge on any atom is 0.367 e. The van der Waals surface area contributed by atoms with Gasteiger partial charge in [-0.2, -0.15) is 0 Å². The molecule has 0 aliphatic heterocycles. The van der Waals surface area contributed by atoms with Gasteiger partial charge in [-0.25, -0.2) is 4.79 Å². The van der Waals surface area contributed by atoms with Crippen LogP contribution in [0.5, 0.6) is 0 Å². The highest BCUT2D eigenvalue weighted by molar-refractivity contribution is 8.13. The molecule has 0 N–H and O–H groups in total. The molecule has 0 saturated heterocycles. The van der Waals surface area contributed by atoms with Gasteiger partial charge in [-0.1, -0.05) is 13.3 Å². The van der Waals surface area contributed by atoms with E-state index in [2.05, 4.69) is 11.7 Å². The molecule has 0 aromatic heterocycles. The largest absolute Gasteiger partial charge is 0.461 e. The van der Waals surface area contributed by atoms with Gasteiger partial charge in [0.25, 0.3) is 0 Å². The topological polar surface area (TPSA) is 35.5 Å². The van der Waals surface area contributed by atoms with Crippen LogP contribution in [0.1, 0.15) is 26.2 Å². The van der Waals surface area contributed by atoms with Crippen molar-refractivity contribution in [1.82, 2.24) is 0 Å². The van der Waals surface area contributed by atoms with Crippen molar-refractivity contribution >= 4 is 17.1 Å². The Labute approximate surface area is 84.2 Å². The van der Waals surface area contributed by atoms with E-state index in [1.165, 1.54) is 18.9 Å². The molecule has 4 heteroatoms. The Bertz CT molecular complexity index is 139. The van der Waals surface area contributed by atoms with Gasteiger partial charge < -0.3 is 9.47 Å². The van der Waals surface area contributed by atoms with Crippen LogP contribution in [0.15, 0.2) is 0 Å². The summed E-state index contributed by atoms with van der Waals surface area (Å²) in [6.07, 6.45) is 3.02. The Morgan fingerprint density at radius 2 is 2.08 bits per heavy atom. The summed E-state index contributed by atoms with van der Waals surface area (Å²) in [5.74, 6) is 0. The van der Waals surface area contributed by atoms with Gasteiger partial charge in [-0.3, -0.25) is 0 Å². The second-order valence-electron chi connectivity index (χ2n) is 2.76. The number of hydrogen-bond donors (Lipinski definition) is 0. The summed E-state index contributed by atoms with van der Waals surface area (Å²) in [5.41, 5.74) is 0. The van der Waals surface area contributed by atoms with E-state index >= 15 is 0 Å². The lowest BCUT2D eigenvalue weighted by molar-refractivity contribution is 0.192. The molecule has 0 fully saturated rings. The number of ether oxygens (including phenoxy) is 2. The summed E-state index contributed by atoms with van der Waals surface area (Å²) in [6.45, 7) is 2.81. The molecule has 0 aliphatic rings. The Balaban J connectivity index is 3.71. The maximum absolute atomic E-state index is 11.0. The van der Waals surface area contributed by atoms with Gasteiger partial charge in [0.05, 0.1) is 7.11 Å². The number of hydrogen-bond acceptors (Lipinski definition) is 4. The van der Waals surface area contributed by atoms with Crippen molar-refractivity contribution in [1.29, 1.82) is 0 Å². The second-order valence-corrected chi connectivity index (χ2v) is 4.00. The van der Waals surface area contributed by atoms with Crippen LogP contribution in [0.3, 0.4) is 0 Å². The molecule has 0 amide bonds. The van der Waals surface area contributed by atoms with Gasteiger partial charge in [0, 0.05) is 19.0 Å². The number of carbonyl (C=O) groups excluding carboxylic acids is 1. The van der Waals surface area contributed by atoms with Gasteiger partial charge >= 0.3 is 5.30 Å². The Hall–Kier alpha value is -0.220. The van der Waals surface area contributed by atoms with E-state index in [0.29, 0.717) is 11.9 Å². The fourth-order valence-electron chi connectivity index (χ4n) is 1.02. The minimum absolute atomic E-state index is 0.199. The third kappa shape index (κ3) is 6.90. The zero-order valence-corrected chi connectivity index (χ0v) is 9.36. The molecule has 0 spiro atoms. The molecule has 0 heterocycles. The predicted octanol–water partition coefficient (Wildman–Crippen LogP) is 2.69. The molecule has 13 heavy (non-hydrogen) atoms. The van der Waals surface area contributed by atoms with E-state index < -0.39 is 0 Å². The monoisotopic (exact) mass is 206 g/mol. The first kappa shape index (κ1) is 12.8. The van der Waals surface area contributed by atoms with Crippen molar-refractivity contribution in [2.24, 2.45) is 0 Å². The van der Waals surface area contributed by atoms with E-state index in [4.69, 9.17) is 4.74 Å². The molecule has 78 valence electrons. The third-order valence-corrected chi connectivity index (χ3v) is 2.85. The Morgan fingerprint density at radius 1 is 1.38 bits per heavy atom. The highest BCUT2D eigenvalue weighted by atomic mass is 32.2. The number of thioether (sulfide) groups is 1. The molecule has 0 rings (SSSR count). The van der Waals surface area contributed by atoms with E-state index in [0.717, 1.165) is 19.3 Å².